The Morgan fingerprint density at radius 1 is 1.22 bits per heavy atom. The lowest BCUT2D eigenvalue weighted by Crippen LogP contribution is -2.15. The third-order valence-electron chi connectivity index (χ3n) is 2.82. The van der Waals surface area contributed by atoms with Crippen LogP contribution in [-0.2, 0) is 6.18 Å². The van der Waals surface area contributed by atoms with E-state index in [0.29, 0.717) is 5.69 Å². The molecule has 2 rings (SSSR count). The van der Waals surface area contributed by atoms with E-state index in [-0.39, 0.29) is 18.8 Å². The number of aromatic nitrogens is 1. The van der Waals surface area contributed by atoms with E-state index in [4.69, 9.17) is 4.74 Å². The Morgan fingerprint density at radius 3 is 2.52 bits per heavy atom. The summed E-state index contributed by atoms with van der Waals surface area (Å²) >= 11 is 0. The summed E-state index contributed by atoms with van der Waals surface area (Å²) in [5.41, 5.74) is -0.387. The second-order valence-corrected chi connectivity index (χ2v) is 4.43. The second-order valence-electron chi connectivity index (χ2n) is 4.43. The fourth-order valence-corrected chi connectivity index (χ4v) is 1.77. The molecule has 23 heavy (non-hydrogen) atoms. The number of nitrogens with one attached hydrogen (secondary N) is 1. The van der Waals surface area contributed by atoms with Gasteiger partial charge in [0.2, 0.25) is 5.88 Å². The molecule has 0 atom stereocenters. The Bertz CT molecular complexity index is 675. The molecule has 0 aliphatic rings. The maximum atomic E-state index is 12.7. The van der Waals surface area contributed by atoms with E-state index >= 15 is 0 Å². The number of rotatable bonds is 6. The van der Waals surface area contributed by atoms with E-state index < -0.39 is 22.5 Å². The number of nitro benzene ring substituents is 1. The normalized spacial score (nSPS) is 11.1. The number of nitrogens with zero attached hydrogens (tertiary/aromatic N) is 2. The quantitative estimate of drug-likeness (QED) is 0.499. The van der Waals surface area contributed by atoms with Crippen LogP contribution in [0, 0.1) is 10.1 Å². The number of benzene rings is 1. The van der Waals surface area contributed by atoms with Gasteiger partial charge in [0.25, 0.3) is 5.69 Å². The average molecular weight is 327 g/mol. The molecule has 0 bridgehead atoms. The Balaban J connectivity index is 1.87. The van der Waals surface area contributed by atoms with Gasteiger partial charge in [-0.25, -0.2) is 4.98 Å². The summed E-state index contributed by atoms with van der Waals surface area (Å²) in [6.45, 7) is 0.169. The van der Waals surface area contributed by atoms with Gasteiger partial charge in [0, 0.05) is 30.6 Å². The molecule has 0 radical (unpaired) electrons. The summed E-state index contributed by atoms with van der Waals surface area (Å²) in [5, 5.41) is 13.4. The van der Waals surface area contributed by atoms with Gasteiger partial charge in [-0.1, -0.05) is 0 Å². The largest absolute Gasteiger partial charge is 0.475 e. The molecule has 0 unspecified atom stereocenters. The van der Waals surface area contributed by atoms with Crippen LogP contribution in [0.5, 0.6) is 5.88 Å². The van der Waals surface area contributed by atoms with E-state index in [1.807, 2.05) is 0 Å². The minimum absolute atomic E-state index is 0.0446. The molecule has 1 N–H and O–H groups in total. The maximum Gasteiger partial charge on any atom is 0.421 e. The molecule has 0 aliphatic carbocycles. The van der Waals surface area contributed by atoms with Gasteiger partial charge in [-0.15, -0.1) is 0 Å². The first kappa shape index (κ1) is 16.5. The van der Waals surface area contributed by atoms with Crippen molar-refractivity contribution in [1.82, 2.24) is 4.98 Å². The van der Waals surface area contributed by atoms with E-state index in [2.05, 4.69) is 10.3 Å². The Morgan fingerprint density at radius 2 is 1.91 bits per heavy atom. The van der Waals surface area contributed by atoms with Crippen LogP contribution < -0.4 is 10.1 Å². The summed E-state index contributed by atoms with van der Waals surface area (Å²) in [7, 11) is 0. The number of alkyl halides is 3. The molecular weight excluding hydrogens is 315 g/mol. The summed E-state index contributed by atoms with van der Waals surface area (Å²) in [6, 6.07) is 7.73. The zero-order valence-corrected chi connectivity index (χ0v) is 11.7. The summed E-state index contributed by atoms with van der Waals surface area (Å²) in [4.78, 5) is 13.6. The van der Waals surface area contributed by atoms with Gasteiger partial charge in [-0.2, -0.15) is 13.2 Å². The molecular formula is C14H12F3N3O3. The molecule has 1 aromatic carbocycles. The summed E-state index contributed by atoms with van der Waals surface area (Å²) < 4.78 is 43.3. The third kappa shape index (κ3) is 4.56. The number of nitro groups is 1. The van der Waals surface area contributed by atoms with E-state index in [1.54, 1.807) is 0 Å². The summed E-state index contributed by atoms with van der Waals surface area (Å²) in [5.74, 6) is -0.481. The number of pyridine rings is 1. The van der Waals surface area contributed by atoms with Crippen molar-refractivity contribution in [3.8, 4) is 5.88 Å². The van der Waals surface area contributed by atoms with Crippen LogP contribution in [0.4, 0.5) is 24.5 Å². The van der Waals surface area contributed by atoms with E-state index in [1.165, 1.54) is 36.5 Å². The average Bonchev–Trinajstić information content (AvgIpc) is 2.51. The van der Waals surface area contributed by atoms with Crippen LogP contribution >= 0.6 is 0 Å². The third-order valence-corrected chi connectivity index (χ3v) is 2.82. The Labute approximate surface area is 129 Å². The number of ether oxygens (including phenoxy) is 1. The first-order valence-electron chi connectivity index (χ1n) is 6.51. The van der Waals surface area contributed by atoms with E-state index in [9.17, 15) is 23.3 Å². The second kappa shape index (κ2) is 6.95. The van der Waals surface area contributed by atoms with Crippen LogP contribution in [0.15, 0.2) is 42.6 Å². The van der Waals surface area contributed by atoms with Crippen molar-refractivity contribution >= 4 is 11.4 Å². The van der Waals surface area contributed by atoms with Crippen LogP contribution in [0.3, 0.4) is 0 Å². The molecule has 2 aromatic rings. The van der Waals surface area contributed by atoms with Crippen molar-refractivity contribution in [2.45, 2.75) is 6.18 Å². The highest BCUT2D eigenvalue weighted by molar-refractivity contribution is 5.48. The fraction of sp³-hybridized carbons (Fsp3) is 0.214. The lowest BCUT2D eigenvalue weighted by atomic mass is 10.2. The van der Waals surface area contributed by atoms with Crippen molar-refractivity contribution in [2.24, 2.45) is 0 Å². The van der Waals surface area contributed by atoms with Gasteiger partial charge in [0.15, 0.2) is 0 Å². The molecule has 6 nitrogen and oxygen atoms in total. The smallest absolute Gasteiger partial charge is 0.421 e. The van der Waals surface area contributed by atoms with E-state index in [0.717, 1.165) is 6.07 Å². The predicted octanol–water partition coefficient (Wildman–Crippen LogP) is 3.50. The fourth-order valence-electron chi connectivity index (χ4n) is 1.77. The van der Waals surface area contributed by atoms with Crippen LogP contribution in [-0.4, -0.2) is 23.1 Å². The van der Waals surface area contributed by atoms with Crippen LogP contribution in [0.1, 0.15) is 5.56 Å². The first-order valence-corrected chi connectivity index (χ1v) is 6.51. The van der Waals surface area contributed by atoms with Gasteiger partial charge in [-0.3, -0.25) is 10.1 Å². The number of halogens is 3. The minimum Gasteiger partial charge on any atom is -0.475 e. The number of hydrogen-bond acceptors (Lipinski definition) is 5. The molecule has 122 valence electrons. The highest BCUT2D eigenvalue weighted by atomic mass is 19.4. The van der Waals surface area contributed by atoms with Crippen molar-refractivity contribution in [1.29, 1.82) is 0 Å². The number of non-ortho nitro benzene ring substituents is 1. The summed E-state index contributed by atoms with van der Waals surface area (Å²) in [6.07, 6.45) is -3.32. The lowest BCUT2D eigenvalue weighted by molar-refractivity contribution is -0.384. The number of anilines is 1. The SMILES string of the molecule is O=[N+]([O-])c1ccc(NCCOc2ncccc2C(F)(F)F)cc1. The zero-order valence-electron chi connectivity index (χ0n) is 11.7. The number of hydrogen-bond donors (Lipinski definition) is 1. The minimum atomic E-state index is -4.53. The van der Waals surface area contributed by atoms with Crippen molar-refractivity contribution in [2.75, 3.05) is 18.5 Å². The molecule has 1 aromatic heterocycles. The topological polar surface area (TPSA) is 77.3 Å². The molecule has 0 fully saturated rings. The molecule has 0 amide bonds. The molecule has 0 aliphatic heterocycles. The van der Waals surface area contributed by atoms with Gasteiger partial charge < -0.3 is 10.1 Å². The standard InChI is InChI=1S/C14H12F3N3O3/c15-14(16,17)12-2-1-7-19-13(12)23-9-8-18-10-3-5-11(6-4-10)20(21)22/h1-7,18H,8-9H2. The highest BCUT2D eigenvalue weighted by Gasteiger charge is 2.34. The van der Waals surface area contributed by atoms with Crippen molar-refractivity contribution in [3.63, 3.8) is 0 Å². The molecule has 0 saturated carbocycles. The Hall–Kier alpha value is -2.84. The maximum absolute atomic E-state index is 12.7. The highest BCUT2D eigenvalue weighted by Crippen LogP contribution is 2.34. The van der Waals surface area contributed by atoms with Crippen molar-refractivity contribution < 1.29 is 22.8 Å². The Kier molecular flexibility index (Phi) is 4.99. The van der Waals surface area contributed by atoms with Gasteiger partial charge in [0.1, 0.15) is 12.2 Å². The molecule has 9 heteroatoms. The van der Waals surface area contributed by atoms with Gasteiger partial charge in [-0.05, 0) is 24.3 Å². The van der Waals surface area contributed by atoms with Gasteiger partial charge >= 0.3 is 6.18 Å². The zero-order chi connectivity index (χ0) is 16.9. The van der Waals surface area contributed by atoms with Crippen LogP contribution in [0.25, 0.3) is 0 Å². The first-order chi connectivity index (χ1) is 10.9. The lowest BCUT2D eigenvalue weighted by Gasteiger charge is -2.13. The van der Waals surface area contributed by atoms with Crippen molar-refractivity contribution in [3.05, 3.63) is 58.3 Å². The van der Waals surface area contributed by atoms with Crippen LogP contribution in [0.2, 0.25) is 0 Å². The molecule has 0 saturated heterocycles. The van der Waals surface area contributed by atoms with Gasteiger partial charge in [0.05, 0.1) is 4.92 Å². The molecule has 0 spiro atoms. The predicted molar refractivity (Wildman–Crippen MR) is 76.3 cm³/mol. The monoisotopic (exact) mass is 327 g/mol. The molecule has 1 heterocycles.